The van der Waals surface area contributed by atoms with Gasteiger partial charge in [-0.1, -0.05) is 12.1 Å². The molecular formula is C14H24N2O3S. The molecule has 0 saturated carbocycles. The molecule has 0 aliphatic rings. The highest BCUT2D eigenvalue weighted by molar-refractivity contribution is 7.88. The minimum Gasteiger partial charge on any atom is -0.508 e. The Bertz CT molecular complexity index is 486. The molecule has 1 aromatic rings. The fourth-order valence-electron chi connectivity index (χ4n) is 1.84. The van der Waals surface area contributed by atoms with E-state index < -0.39 is 10.0 Å². The quantitative estimate of drug-likeness (QED) is 0.600. The number of sulfonamides is 1. The van der Waals surface area contributed by atoms with E-state index in [9.17, 15) is 13.5 Å². The van der Waals surface area contributed by atoms with Gasteiger partial charge in [0.1, 0.15) is 5.75 Å². The minimum absolute atomic E-state index is 0.290. The predicted molar refractivity (Wildman–Crippen MR) is 81.4 cm³/mol. The van der Waals surface area contributed by atoms with Gasteiger partial charge in [-0.05, 0) is 50.4 Å². The average molecular weight is 300 g/mol. The van der Waals surface area contributed by atoms with E-state index in [1.165, 1.54) is 11.8 Å². The molecule has 0 aromatic heterocycles. The van der Waals surface area contributed by atoms with E-state index in [0.717, 1.165) is 25.8 Å². The highest BCUT2D eigenvalue weighted by Crippen LogP contribution is 2.11. The SMILES string of the molecule is CC(CCc1ccc(O)cc1)NCCCNS(C)(=O)=O. The van der Waals surface area contributed by atoms with Gasteiger partial charge < -0.3 is 10.4 Å². The van der Waals surface area contributed by atoms with Crippen LogP contribution in [0.4, 0.5) is 0 Å². The second-order valence-electron chi connectivity index (χ2n) is 5.08. The summed E-state index contributed by atoms with van der Waals surface area (Å²) in [5.41, 5.74) is 1.20. The summed E-state index contributed by atoms with van der Waals surface area (Å²) in [6, 6.07) is 7.63. The van der Waals surface area contributed by atoms with Crippen molar-refractivity contribution in [2.75, 3.05) is 19.3 Å². The molecule has 3 N–H and O–H groups in total. The largest absolute Gasteiger partial charge is 0.508 e. The van der Waals surface area contributed by atoms with Crippen LogP contribution < -0.4 is 10.0 Å². The summed E-state index contributed by atoms with van der Waals surface area (Å²) in [5, 5.41) is 12.6. The number of hydrogen-bond donors (Lipinski definition) is 3. The van der Waals surface area contributed by atoms with Crippen LogP contribution in [-0.2, 0) is 16.4 Å². The zero-order chi connectivity index (χ0) is 15.0. The summed E-state index contributed by atoms with van der Waals surface area (Å²) in [4.78, 5) is 0. The highest BCUT2D eigenvalue weighted by atomic mass is 32.2. The monoisotopic (exact) mass is 300 g/mol. The van der Waals surface area contributed by atoms with E-state index in [-0.39, 0.29) is 0 Å². The third kappa shape index (κ3) is 8.14. The zero-order valence-electron chi connectivity index (χ0n) is 12.1. The molecule has 5 nitrogen and oxygen atoms in total. The lowest BCUT2D eigenvalue weighted by Gasteiger charge is -2.13. The number of nitrogens with one attached hydrogen (secondary N) is 2. The van der Waals surface area contributed by atoms with Crippen molar-refractivity contribution in [2.24, 2.45) is 0 Å². The maximum absolute atomic E-state index is 10.9. The van der Waals surface area contributed by atoms with Crippen molar-refractivity contribution in [2.45, 2.75) is 32.2 Å². The van der Waals surface area contributed by atoms with Gasteiger partial charge in [-0.25, -0.2) is 13.1 Å². The van der Waals surface area contributed by atoms with E-state index >= 15 is 0 Å². The van der Waals surface area contributed by atoms with Crippen molar-refractivity contribution >= 4 is 10.0 Å². The number of phenols is 1. The Hall–Kier alpha value is -1.11. The molecule has 1 rings (SSSR count). The van der Waals surface area contributed by atoms with Crippen molar-refractivity contribution in [3.8, 4) is 5.75 Å². The molecule has 6 heteroatoms. The van der Waals surface area contributed by atoms with Crippen LogP contribution in [0.2, 0.25) is 0 Å². The molecule has 0 aliphatic heterocycles. The fourth-order valence-corrected chi connectivity index (χ4v) is 2.36. The van der Waals surface area contributed by atoms with Gasteiger partial charge in [-0.3, -0.25) is 0 Å². The topological polar surface area (TPSA) is 78.4 Å². The number of rotatable bonds is 9. The van der Waals surface area contributed by atoms with E-state index in [1.54, 1.807) is 12.1 Å². The molecule has 0 bridgehead atoms. The van der Waals surface area contributed by atoms with Crippen molar-refractivity contribution in [3.05, 3.63) is 29.8 Å². The fraction of sp³-hybridized carbons (Fsp3) is 0.571. The molecule has 0 amide bonds. The van der Waals surface area contributed by atoms with Gasteiger partial charge in [0, 0.05) is 12.6 Å². The van der Waals surface area contributed by atoms with Crippen molar-refractivity contribution < 1.29 is 13.5 Å². The van der Waals surface area contributed by atoms with Gasteiger partial charge >= 0.3 is 0 Å². The Morgan fingerprint density at radius 1 is 1.20 bits per heavy atom. The summed E-state index contributed by atoms with van der Waals surface area (Å²) in [6.07, 6.45) is 3.90. The summed E-state index contributed by atoms with van der Waals surface area (Å²) >= 11 is 0. The van der Waals surface area contributed by atoms with Gasteiger partial charge in [0.15, 0.2) is 0 Å². The van der Waals surface area contributed by atoms with Gasteiger partial charge in [-0.2, -0.15) is 0 Å². The molecule has 0 spiro atoms. The number of benzene rings is 1. The Labute approximate surface area is 121 Å². The summed E-state index contributed by atoms with van der Waals surface area (Å²) < 4.78 is 24.2. The maximum Gasteiger partial charge on any atom is 0.208 e. The van der Waals surface area contributed by atoms with Crippen LogP contribution in [0, 0.1) is 0 Å². The molecule has 0 radical (unpaired) electrons. The molecule has 114 valence electrons. The number of aryl methyl sites for hydroxylation is 1. The van der Waals surface area contributed by atoms with E-state index in [1.807, 2.05) is 12.1 Å². The predicted octanol–water partition coefficient (Wildman–Crippen LogP) is 1.24. The van der Waals surface area contributed by atoms with Crippen LogP contribution in [0.15, 0.2) is 24.3 Å². The second kappa shape index (κ2) is 8.24. The maximum atomic E-state index is 10.9. The molecule has 0 saturated heterocycles. The smallest absolute Gasteiger partial charge is 0.208 e. The third-order valence-electron chi connectivity index (χ3n) is 3.01. The van der Waals surface area contributed by atoms with E-state index in [2.05, 4.69) is 17.0 Å². The second-order valence-corrected chi connectivity index (χ2v) is 6.91. The van der Waals surface area contributed by atoms with Crippen molar-refractivity contribution in [1.82, 2.24) is 10.0 Å². The third-order valence-corrected chi connectivity index (χ3v) is 3.74. The standard InChI is InChI=1S/C14H24N2O3S/c1-12(15-10-3-11-16-20(2,18)19)4-5-13-6-8-14(17)9-7-13/h6-9,12,15-17H,3-5,10-11H2,1-2H3. The first-order valence-electron chi connectivity index (χ1n) is 6.83. The van der Waals surface area contributed by atoms with Gasteiger partial charge in [-0.15, -0.1) is 0 Å². The van der Waals surface area contributed by atoms with Crippen LogP contribution in [-0.4, -0.2) is 38.9 Å². The van der Waals surface area contributed by atoms with Crippen LogP contribution in [0.25, 0.3) is 0 Å². The average Bonchev–Trinajstić information content (AvgIpc) is 2.36. The van der Waals surface area contributed by atoms with Gasteiger partial charge in [0.25, 0.3) is 0 Å². The summed E-state index contributed by atoms with van der Waals surface area (Å²) in [7, 11) is -3.07. The summed E-state index contributed by atoms with van der Waals surface area (Å²) in [5.74, 6) is 0.290. The zero-order valence-corrected chi connectivity index (χ0v) is 12.9. The van der Waals surface area contributed by atoms with Gasteiger partial charge in [0.05, 0.1) is 6.26 Å². The molecule has 1 aromatic carbocycles. The first-order chi connectivity index (χ1) is 9.37. The van der Waals surface area contributed by atoms with Crippen LogP contribution in [0.1, 0.15) is 25.3 Å². The lowest BCUT2D eigenvalue weighted by Crippen LogP contribution is -2.31. The van der Waals surface area contributed by atoms with Gasteiger partial charge in [0.2, 0.25) is 10.0 Å². The Morgan fingerprint density at radius 2 is 1.85 bits per heavy atom. The molecule has 0 fully saturated rings. The first kappa shape index (κ1) is 16.9. The van der Waals surface area contributed by atoms with Crippen LogP contribution in [0.3, 0.4) is 0 Å². The molecule has 1 atom stereocenters. The Kier molecular flexibility index (Phi) is 6.98. The van der Waals surface area contributed by atoms with E-state index in [0.29, 0.717) is 18.3 Å². The van der Waals surface area contributed by atoms with E-state index in [4.69, 9.17) is 0 Å². The van der Waals surface area contributed by atoms with Crippen molar-refractivity contribution in [1.29, 1.82) is 0 Å². The molecule has 20 heavy (non-hydrogen) atoms. The normalized spacial score (nSPS) is 13.3. The minimum atomic E-state index is -3.07. The number of phenolic OH excluding ortho intramolecular Hbond substituents is 1. The molecule has 0 heterocycles. The Morgan fingerprint density at radius 3 is 2.45 bits per heavy atom. The molecular weight excluding hydrogens is 276 g/mol. The number of hydrogen-bond acceptors (Lipinski definition) is 4. The van der Waals surface area contributed by atoms with Crippen LogP contribution >= 0.6 is 0 Å². The lowest BCUT2D eigenvalue weighted by molar-refractivity contribution is 0.474. The first-order valence-corrected chi connectivity index (χ1v) is 8.72. The molecule has 0 aliphatic carbocycles. The Balaban J connectivity index is 2.11. The lowest BCUT2D eigenvalue weighted by atomic mass is 10.1. The number of aromatic hydroxyl groups is 1. The summed E-state index contributed by atoms with van der Waals surface area (Å²) in [6.45, 7) is 3.38. The van der Waals surface area contributed by atoms with Crippen LogP contribution in [0.5, 0.6) is 5.75 Å². The highest BCUT2D eigenvalue weighted by Gasteiger charge is 2.03. The van der Waals surface area contributed by atoms with Crippen molar-refractivity contribution in [3.63, 3.8) is 0 Å². The molecule has 1 unspecified atom stereocenters.